The van der Waals surface area contributed by atoms with Gasteiger partial charge in [-0.3, -0.25) is 4.57 Å². The number of allylic oxidation sites excluding steroid dienone is 5. The molecule has 0 bridgehead atoms. The number of phenolic OH excluding ortho intramolecular Hbond substituents is 1. The summed E-state index contributed by atoms with van der Waals surface area (Å²) in [6.07, 6.45) is 8.90. The normalized spacial score (nSPS) is 16.3. The average molecular weight is 680 g/mol. The molecule has 1 N–H and O–H groups in total. The van der Waals surface area contributed by atoms with Crippen LogP contribution in [0.2, 0.25) is 0 Å². The lowest BCUT2D eigenvalue weighted by atomic mass is 9.65. The minimum Gasteiger partial charge on any atom is -0.506 e. The van der Waals surface area contributed by atoms with Crippen molar-refractivity contribution in [3.05, 3.63) is 180 Å². The van der Waals surface area contributed by atoms with Crippen LogP contribution >= 0.6 is 0 Å². The predicted molar refractivity (Wildman–Crippen MR) is 227 cm³/mol. The molecule has 2 atom stereocenters. The standard InChI is InChI=1S/C47H28B4N2O/c48-41-42(49)44(51)46(54)45(43(41)50)53-38-24-12-11-23-37(38)52-47(53)35-22-10-9-21-34(35)39-30-17-5-7-19-32(30)40(33-20-8-6-18-31(33)39)36-25-26-13-1-2-14-27(26)28-15-3-4-16-29(28)36/h1-25,32,40,54H. The molecule has 244 valence electrons. The molecule has 8 radical (unpaired) electrons. The van der Waals surface area contributed by atoms with Gasteiger partial charge < -0.3 is 5.11 Å². The molecular weight excluding hydrogens is 652 g/mol. The van der Waals surface area contributed by atoms with E-state index >= 15 is 0 Å². The van der Waals surface area contributed by atoms with E-state index in [1.54, 1.807) is 0 Å². The molecule has 0 spiro atoms. The molecule has 0 saturated carbocycles. The van der Waals surface area contributed by atoms with Crippen molar-refractivity contribution in [1.82, 2.24) is 9.55 Å². The first kappa shape index (κ1) is 32.5. The number of nitrogens with zero attached hydrogens (tertiary/aromatic N) is 2. The molecule has 0 saturated heterocycles. The highest BCUT2D eigenvalue weighted by Gasteiger charge is 2.37. The van der Waals surface area contributed by atoms with E-state index in [-0.39, 0.29) is 45.1 Å². The number of hydrogen-bond acceptors (Lipinski definition) is 2. The largest absolute Gasteiger partial charge is 0.506 e. The van der Waals surface area contributed by atoms with Crippen LogP contribution in [-0.4, -0.2) is 46.0 Å². The van der Waals surface area contributed by atoms with Crippen LogP contribution in [0.4, 0.5) is 0 Å². The van der Waals surface area contributed by atoms with Crippen molar-refractivity contribution in [2.75, 3.05) is 0 Å². The summed E-state index contributed by atoms with van der Waals surface area (Å²) >= 11 is 0. The summed E-state index contributed by atoms with van der Waals surface area (Å²) in [6.45, 7) is 0. The van der Waals surface area contributed by atoms with Gasteiger partial charge in [-0.2, -0.15) is 0 Å². The van der Waals surface area contributed by atoms with Crippen molar-refractivity contribution in [3.8, 4) is 22.8 Å². The Morgan fingerprint density at radius 1 is 0.574 bits per heavy atom. The molecule has 3 nitrogen and oxygen atoms in total. The summed E-state index contributed by atoms with van der Waals surface area (Å²) in [5.74, 6) is 0.437. The highest BCUT2D eigenvalue weighted by atomic mass is 16.3. The van der Waals surface area contributed by atoms with Crippen molar-refractivity contribution >= 4 is 91.4 Å². The van der Waals surface area contributed by atoms with Crippen molar-refractivity contribution in [3.63, 3.8) is 0 Å². The Bertz CT molecular complexity index is 2940. The van der Waals surface area contributed by atoms with Gasteiger partial charge in [0.1, 0.15) is 43.0 Å². The van der Waals surface area contributed by atoms with Gasteiger partial charge in [-0.1, -0.05) is 144 Å². The number of aromatic nitrogens is 2. The third-order valence-corrected chi connectivity index (χ3v) is 11.2. The number of aromatic hydroxyl groups is 1. The van der Waals surface area contributed by atoms with Crippen LogP contribution in [0, 0.1) is 5.92 Å². The molecule has 8 aromatic rings. The second-order valence-corrected chi connectivity index (χ2v) is 14.1. The van der Waals surface area contributed by atoms with E-state index in [0.29, 0.717) is 5.82 Å². The molecule has 0 aliphatic heterocycles. The Morgan fingerprint density at radius 3 is 2.06 bits per heavy atom. The summed E-state index contributed by atoms with van der Waals surface area (Å²) < 4.78 is 1.85. The zero-order chi connectivity index (χ0) is 36.7. The molecule has 1 heterocycles. The van der Waals surface area contributed by atoms with Crippen LogP contribution in [0.15, 0.2) is 157 Å². The maximum Gasteiger partial charge on any atom is 0.146 e. The highest BCUT2D eigenvalue weighted by molar-refractivity contribution is 6.64. The van der Waals surface area contributed by atoms with E-state index in [9.17, 15) is 5.11 Å². The van der Waals surface area contributed by atoms with Crippen LogP contribution in [0.5, 0.6) is 5.75 Å². The fourth-order valence-electron chi connectivity index (χ4n) is 8.80. The van der Waals surface area contributed by atoms with Gasteiger partial charge in [0.2, 0.25) is 0 Å². The van der Waals surface area contributed by atoms with Gasteiger partial charge in [-0.25, -0.2) is 4.98 Å². The third kappa shape index (κ3) is 4.71. The van der Waals surface area contributed by atoms with Crippen molar-refractivity contribution in [2.24, 2.45) is 5.92 Å². The van der Waals surface area contributed by atoms with Gasteiger partial charge in [0, 0.05) is 17.4 Å². The van der Waals surface area contributed by atoms with Gasteiger partial charge in [-0.05, 0) is 73.1 Å². The Balaban J connectivity index is 1.26. The minimum atomic E-state index is -0.253. The predicted octanol–water partition coefficient (Wildman–Crippen LogP) is 6.57. The second kappa shape index (κ2) is 12.5. The minimum absolute atomic E-state index is 0.0333. The van der Waals surface area contributed by atoms with Crippen molar-refractivity contribution < 1.29 is 5.11 Å². The zero-order valence-corrected chi connectivity index (χ0v) is 29.2. The van der Waals surface area contributed by atoms with Crippen LogP contribution in [0.3, 0.4) is 0 Å². The van der Waals surface area contributed by atoms with Crippen LogP contribution < -0.4 is 21.9 Å². The Hall–Kier alpha value is -6.19. The molecule has 2 aliphatic carbocycles. The number of hydrogen-bond donors (Lipinski definition) is 1. The first-order valence-electron chi connectivity index (χ1n) is 18.0. The van der Waals surface area contributed by atoms with Crippen LogP contribution in [0.25, 0.3) is 55.2 Å². The molecule has 1 aromatic heterocycles. The zero-order valence-electron chi connectivity index (χ0n) is 29.2. The van der Waals surface area contributed by atoms with Gasteiger partial charge >= 0.3 is 0 Å². The number of fused-ring (bicyclic) bond motifs is 6. The molecule has 2 aliphatic rings. The fraction of sp³-hybridized carbons (Fsp3) is 0.0426. The summed E-state index contributed by atoms with van der Waals surface area (Å²) in [5.41, 5.74) is 9.85. The maximum absolute atomic E-state index is 11.6. The van der Waals surface area contributed by atoms with E-state index in [1.807, 2.05) is 34.9 Å². The summed E-state index contributed by atoms with van der Waals surface area (Å²) in [7, 11) is 25.6. The fourth-order valence-corrected chi connectivity index (χ4v) is 8.80. The van der Waals surface area contributed by atoms with Gasteiger partial charge in [0.15, 0.2) is 0 Å². The number of benzene rings is 7. The average Bonchev–Trinajstić information content (AvgIpc) is 3.60. The molecule has 0 fully saturated rings. The van der Waals surface area contributed by atoms with Crippen molar-refractivity contribution in [2.45, 2.75) is 5.92 Å². The summed E-state index contributed by atoms with van der Waals surface area (Å²) in [5, 5.41) is 16.5. The van der Waals surface area contributed by atoms with Crippen LogP contribution in [-0.2, 0) is 0 Å². The first-order valence-corrected chi connectivity index (χ1v) is 18.0. The number of rotatable bonds is 4. The summed E-state index contributed by atoms with van der Waals surface area (Å²) in [6, 6.07) is 44.7. The maximum atomic E-state index is 11.6. The first-order chi connectivity index (χ1) is 26.4. The van der Waals surface area contributed by atoms with Gasteiger partial charge in [0.25, 0.3) is 0 Å². The molecule has 2 unspecified atom stereocenters. The van der Waals surface area contributed by atoms with Gasteiger partial charge in [-0.15, -0.1) is 10.9 Å². The lowest BCUT2D eigenvalue weighted by Crippen LogP contribution is -2.49. The van der Waals surface area contributed by atoms with Crippen LogP contribution in [0.1, 0.15) is 28.2 Å². The van der Waals surface area contributed by atoms with E-state index in [1.165, 1.54) is 38.2 Å². The lowest BCUT2D eigenvalue weighted by molar-refractivity contribution is 0.478. The van der Waals surface area contributed by atoms with Crippen molar-refractivity contribution in [1.29, 1.82) is 0 Å². The number of para-hydroxylation sites is 2. The van der Waals surface area contributed by atoms with E-state index < -0.39 is 0 Å². The molecule has 10 rings (SSSR count). The topological polar surface area (TPSA) is 38.0 Å². The Labute approximate surface area is 319 Å². The molecular formula is C47H28B4N2O. The van der Waals surface area contributed by atoms with E-state index in [0.717, 1.165) is 33.3 Å². The van der Waals surface area contributed by atoms with E-state index in [2.05, 4.69) is 121 Å². The van der Waals surface area contributed by atoms with E-state index in [4.69, 9.17) is 36.4 Å². The Kier molecular flexibility index (Phi) is 7.49. The number of imidazole rings is 1. The Morgan fingerprint density at radius 2 is 1.22 bits per heavy atom. The monoisotopic (exact) mass is 680 g/mol. The smallest absolute Gasteiger partial charge is 0.146 e. The molecule has 0 amide bonds. The summed E-state index contributed by atoms with van der Waals surface area (Å²) in [4.78, 5) is 5.19. The molecule has 7 aromatic carbocycles. The SMILES string of the molecule is [B]c1c([B])c([B])c(-n2c(-c3ccccc3C3=C4C=CC=CC4C(c4cc5ccccc5c5ccccc45)c4ccccc43)nc3ccccc32)c(O)c1[B]. The molecule has 7 heteroatoms. The van der Waals surface area contributed by atoms with Gasteiger partial charge in [0.05, 0.1) is 16.7 Å². The molecule has 54 heavy (non-hydrogen) atoms. The number of phenols is 1. The quantitative estimate of drug-likeness (QED) is 0.169. The highest BCUT2D eigenvalue weighted by Crippen LogP contribution is 2.53. The second-order valence-electron chi connectivity index (χ2n) is 14.1. The third-order valence-electron chi connectivity index (χ3n) is 11.2. The lowest BCUT2D eigenvalue weighted by Gasteiger charge is -2.38.